The highest BCUT2D eigenvalue weighted by atomic mass is 35.5. The molecule has 1 heterocycles. The highest BCUT2D eigenvalue weighted by molar-refractivity contribution is 7.20. The largest absolute Gasteiger partial charge is 0.388 e. The first-order chi connectivity index (χ1) is 8.89. The Hall–Kier alpha value is -0.290. The summed E-state index contributed by atoms with van der Waals surface area (Å²) in [5.74, 6) is 0.217. The molecule has 0 bridgehead atoms. The number of rotatable bonds is 3. The van der Waals surface area contributed by atoms with Gasteiger partial charge >= 0.3 is 0 Å². The molecule has 1 fully saturated rings. The van der Waals surface area contributed by atoms with Crippen LogP contribution in [-0.4, -0.2) is 23.2 Å². The molecule has 1 aliphatic rings. The average Bonchev–Trinajstić information content (AvgIpc) is 2.65. The number of carbonyl (C=O) groups excluding carboxylic acids is 1. The molecule has 2 N–H and O–H groups in total. The summed E-state index contributed by atoms with van der Waals surface area (Å²) in [6.07, 6.45) is 3.60. The van der Waals surface area contributed by atoms with Crippen molar-refractivity contribution in [2.75, 3.05) is 6.54 Å². The van der Waals surface area contributed by atoms with E-state index in [4.69, 9.17) is 23.2 Å². The SMILES string of the molecule is CC1CCCC(O)(CNC(=O)c2cc(Cl)sc2Cl)C1. The van der Waals surface area contributed by atoms with Crippen molar-refractivity contribution in [2.24, 2.45) is 5.92 Å². The first-order valence-corrected chi connectivity index (χ1v) is 7.92. The Balaban J connectivity index is 1.95. The van der Waals surface area contributed by atoms with Gasteiger partial charge < -0.3 is 10.4 Å². The van der Waals surface area contributed by atoms with Crippen molar-refractivity contribution < 1.29 is 9.90 Å². The van der Waals surface area contributed by atoms with Gasteiger partial charge in [0.15, 0.2) is 0 Å². The van der Waals surface area contributed by atoms with Crippen molar-refractivity contribution >= 4 is 40.4 Å². The third-order valence-electron chi connectivity index (χ3n) is 3.55. The number of hydrogen-bond donors (Lipinski definition) is 2. The van der Waals surface area contributed by atoms with Crippen LogP contribution in [0.25, 0.3) is 0 Å². The highest BCUT2D eigenvalue weighted by Crippen LogP contribution is 2.33. The summed E-state index contributed by atoms with van der Waals surface area (Å²) in [4.78, 5) is 12.0. The molecule has 1 saturated carbocycles. The molecule has 0 spiro atoms. The molecule has 1 aromatic rings. The quantitative estimate of drug-likeness (QED) is 0.891. The van der Waals surface area contributed by atoms with Gasteiger partial charge in [-0.2, -0.15) is 0 Å². The Kier molecular flexibility index (Phi) is 4.77. The van der Waals surface area contributed by atoms with E-state index in [1.165, 1.54) is 11.3 Å². The normalized spacial score (nSPS) is 27.3. The molecule has 19 heavy (non-hydrogen) atoms. The monoisotopic (exact) mass is 321 g/mol. The summed E-state index contributed by atoms with van der Waals surface area (Å²) >= 11 is 12.9. The Morgan fingerprint density at radius 2 is 2.37 bits per heavy atom. The first kappa shape index (κ1) is 15.1. The Labute approximate surface area is 126 Å². The number of halogens is 2. The molecule has 2 atom stereocenters. The average molecular weight is 322 g/mol. The van der Waals surface area contributed by atoms with E-state index in [1.807, 2.05) is 0 Å². The minimum absolute atomic E-state index is 0.264. The van der Waals surface area contributed by atoms with Crippen LogP contribution in [0.1, 0.15) is 43.0 Å². The lowest BCUT2D eigenvalue weighted by molar-refractivity contribution is -0.0109. The predicted molar refractivity (Wildman–Crippen MR) is 79.3 cm³/mol. The molecule has 1 aromatic heterocycles. The van der Waals surface area contributed by atoms with Crippen molar-refractivity contribution in [2.45, 2.75) is 38.2 Å². The zero-order chi connectivity index (χ0) is 14.0. The van der Waals surface area contributed by atoms with Crippen molar-refractivity contribution in [3.05, 3.63) is 20.3 Å². The molecule has 2 rings (SSSR count). The van der Waals surface area contributed by atoms with Gasteiger partial charge in [0.1, 0.15) is 4.34 Å². The van der Waals surface area contributed by atoms with Gasteiger partial charge in [-0.25, -0.2) is 0 Å². The fourth-order valence-electron chi connectivity index (χ4n) is 2.63. The molecule has 1 amide bonds. The fraction of sp³-hybridized carbons (Fsp3) is 0.615. The number of nitrogens with one attached hydrogen (secondary N) is 1. The lowest BCUT2D eigenvalue weighted by atomic mass is 9.79. The molecule has 2 unspecified atom stereocenters. The fourth-order valence-corrected chi connectivity index (χ4v) is 4.09. The van der Waals surface area contributed by atoms with Crippen LogP contribution in [0.15, 0.2) is 6.07 Å². The topological polar surface area (TPSA) is 49.3 Å². The number of carbonyl (C=O) groups is 1. The Morgan fingerprint density at radius 3 is 2.95 bits per heavy atom. The minimum atomic E-state index is -0.792. The van der Waals surface area contributed by atoms with E-state index >= 15 is 0 Å². The second-order valence-electron chi connectivity index (χ2n) is 5.35. The second-order valence-corrected chi connectivity index (χ2v) is 7.63. The molecule has 0 aliphatic heterocycles. The van der Waals surface area contributed by atoms with E-state index in [2.05, 4.69) is 12.2 Å². The van der Waals surface area contributed by atoms with Crippen LogP contribution in [0.5, 0.6) is 0 Å². The molecule has 1 aliphatic carbocycles. The number of aliphatic hydroxyl groups is 1. The van der Waals surface area contributed by atoms with Gasteiger partial charge in [-0.3, -0.25) is 4.79 Å². The Morgan fingerprint density at radius 1 is 1.63 bits per heavy atom. The van der Waals surface area contributed by atoms with Crippen LogP contribution in [0.3, 0.4) is 0 Å². The zero-order valence-electron chi connectivity index (χ0n) is 10.7. The van der Waals surface area contributed by atoms with E-state index < -0.39 is 5.60 Å². The van der Waals surface area contributed by atoms with Gasteiger partial charge in [-0.1, -0.05) is 43.0 Å². The maximum atomic E-state index is 12.0. The van der Waals surface area contributed by atoms with Gasteiger partial charge in [-0.15, -0.1) is 11.3 Å². The predicted octanol–water partition coefficient (Wildman–Crippen LogP) is 3.73. The van der Waals surface area contributed by atoms with E-state index in [-0.39, 0.29) is 12.5 Å². The van der Waals surface area contributed by atoms with E-state index in [0.29, 0.717) is 20.2 Å². The van der Waals surface area contributed by atoms with Gasteiger partial charge in [0, 0.05) is 6.54 Å². The Bertz CT molecular complexity index is 477. The second kappa shape index (κ2) is 6.00. The summed E-state index contributed by atoms with van der Waals surface area (Å²) in [5, 5.41) is 13.2. The number of amides is 1. The molecule has 0 saturated heterocycles. The smallest absolute Gasteiger partial charge is 0.253 e. The van der Waals surface area contributed by atoms with E-state index in [0.717, 1.165) is 25.7 Å². The van der Waals surface area contributed by atoms with Crippen molar-refractivity contribution in [3.8, 4) is 0 Å². The maximum Gasteiger partial charge on any atom is 0.253 e. The van der Waals surface area contributed by atoms with Gasteiger partial charge in [0.05, 0.1) is 15.5 Å². The molecular formula is C13H17Cl2NO2S. The summed E-state index contributed by atoms with van der Waals surface area (Å²) in [6.45, 7) is 2.39. The standard InChI is InChI=1S/C13H17Cl2NO2S/c1-8-3-2-4-13(18,6-8)7-16-12(17)9-5-10(14)19-11(9)15/h5,8,18H,2-4,6-7H2,1H3,(H,16,17). The molecule has 0 radical (unpaired) electrons. The van der Waals surface area contributed by atoms with Gasteiger partial charge in [0.25, 0.3) is 5.91 Å². The van der Waals surface area contributed by atoms with Gasteiger partial charge in [0.2, 0.25) is 0 Å². The van der Waals surface area contributed by atoms with Crippen LogP contribution in [0.4, 0.5) is 0 Å². The van der Waals surface area contributed by atoms with Crippen molar-refractivity contribution in [1.82, 2.24) is 5.32 Å². The molecule has 6 heteroatoms. The molecule has 106 valence electrons. The van der Waals surface area contributed by atoms with Crippen LogP contribution >= 0.6 is 34.5 Å². The number of thiophene rings is 1. The lowest BCUT2D eigenvalue weighted by Gasteiger charge is -2.35. The number of hydrogen-bond acceptors (Lipinski definition) is 3. The summed E-state index contributed by atoms with van der Waals surface area (Å²) < 4.78 is 0.867. The maximum absolute atomic E-state index is 12.0. The summed E-state index contributed by atoms with van der Waals surface area (Å²) in [6, 6.07) is 1.55. The van der Waals surface area contributed by atoms with Crippen LogP contribution in [0.2, 0.25) is 8.67 Å². The molecule has 0 aromatic carbocycles. The van der Waals surface area contributed by atoms with Crippen LogP contribution in [-0.2, 0) is 0 Å². The first-order valence-electron chi connectivity index (χ1n) is 6.35. The van der Waals surface area contributed by atoms with E-state index in [9.17, 15) is 9.90 Å². The van der Waals surface area contributed by atoms with Crippen LogP contribution in [0, 0.1) is 5.92 Å². The molecule has 3 nitrogen and oxygen atoms in total. The van der Waals surface area contributed by atoms with E-state index in [1.54, 1.807) is 6.07 Å². The highest BCUT2D eigenvalue weighted by Gasteiger charge is 2.33. The van der Waals surface area contributed by atoms with Crippen molar-refractivity contribution in [3.63, 3.8) is 0 Å². The molecular weight excluding hydrogens is 305 g/mol. The van der Waals surface area contributed by atoms with Gasteiger partial charge in [-0.05, 0) is 24.8 Å². The zero-order valence-corrected chi connectivity index (χ0v) is 13.0. The summed E-state index contributed by atoms with van der Waals surface area (Å²) in [7, 11) is 0. The minimum Gasteiger partial charge on any atom is -0.388 e. The van der Waals surface area contributed by atoms with Crippen LogP contribution < -0.4 is 5.32 Å². The lowest BCUT2D eigenvalue weighted by Crippen LogP contribution is -2.45. The third-order valence-corrected chi connectivity index (χ3v) is 5.03. The van der Waals surface area contributed by atoms with Crippen molar-refractivity contribution in [1.29, 1.82) is 0 Å². The third kappa shape index (κ3) is 3.85. The summed E-state index contributed by atoms with van der Waals surface area (Å²) in [5.41, 5.74) is -0.413.